The molecule has 0 unspecified atom stereocenters. The first-order valence-electron chi connectivity index (χ1n) is 7.27. The van der Waals surface area contributed by atoms with Gasteiger partial charge in [0.1, 0.15) is 6.07 Å². The molecule has 0 aliphatic heterocycles. The van der Waals surface area contributed by atoms with Crippen LogP contribution in [0.4, 0.5) is 11.4 Å². The summed E-state index contributed by atoms with van der Waals surface area (Å²) in [5.74, 6) is 0. The number of hydrogen-bond donors (Lipinski definition) is 2. The van der Waals surface area contributed by atoms with Crippen LogP contribution in [-0.2, 0) is 0 Å². The molecule has 1 saturated carbocycles. The Morgan fingerprint density at radius 3 is 2.35 bits per heavy atom. The highest BCUT2D eigenvalue weighted by Gasteiger charge is 2.38. The maximum Gasteiger partial charge on any atom is 0.101 e. The molecule has 3 nitrogen and oxygen atoms in total. The fourth-order valence-corrected chi connectivity index (χ4v) is 3.93. The number of hydrogen-bond acceptors (Lipinski definition) is 3. The van der Waals surface area contributed by atoms with Gasteiger partial charge in [0.2, 0.25) is 0 Å². The largest absolute Gasteiger partial charge is 0.398 e. The summed E-state index contributed by atoms with van der Waals surface area (Å²) in [5.41, 5.74) is 8.56. The third kappa shape index (κ3) is 3.45. The van der Waals surface area contributed by atoms with Gasteiger partial charge < -0.3 is 11.1 Å². The van der Waals surface area contributed by atoms with Crippen LogP contribution in [0.5, 0.6) is 0 Å². The maximum absolute atomic E-state index is 9.06. The van der Waals surface area contributed by atoms with E-state index in [1.165, 1.54) is 6.42 Å². The summed E-state index contributed by atoms with van der Waals surface area (Å²) in [4.78, 5) is 0. The molecule has 1 aliphatic carbocycles. The zero-order valence-corrected chi connectivity index (χ0v) is 13.0. The summed E-state index contributed by atoms with van der Waals surface area (Å²) >= 11 is 0. The highest BCUT2D eigenvalue weighted by atomic mass is 14.9. The zero-order valence-electron chi connectivity index (χ0n) is 13.0. The van der Waals surface area contributed by atoms with Crippen molar-refractivity contribution in [3.8, 4) is 6.07 Å². The average Bonchev–Trinajstić information content (AvgIpc) is 2.27. The summed E-state index contributed by atoms with van der Waals surface area (Å²) in [6, 6.07) is 8.21. The normalized spacial score (nSPS) is 21.1. The summed E-state index contributed by atoms with van der Waals surface area (Å²) < 4.78 is 0. The van der Waals surface area contributed by atoms with Crippen LogP contribution in [-0.4, -0.2) is 6.04 Å². The number of nitriles is 1. The van der Waals surface area contributed by atoms with E-state index in [4.69, 9.17) is 11.0 Å². The van der Waals surface area contributed by atoms with Crippen molar-refractivity contribution in [2.75, 3.05) is 11.1 Å². The molecule has 0 atom stereocenters. The van der Waals surface area contributed by atoms with Gasteiger partial charge in [-0.2, -0.15) is 5.26 Å². The highest BCUT2D eigenvalue weighted by molar-refractivity contribution is 5.62. The first-order valence-corrected chi connectivity index (χ1v) is 7.27. The van der Waals surface area contributed by atoms with Gasteiger partial charge in [0, 0.05) is 17.4 Å². The Kier molecular flexibility index (Phi) is 3.69. The van der Waals surface area contributed by atoms with E-state index in [0.29, 0.717) is 28.1 Å². The molecule has 20 heavy (non-hydrogen) atoms. The molecule has 0 heterocycles. The van der Waals surface area contributed by atoms with E-state index >= 15 is 0 Å². The summed E-state index contributed by atoms with van der Waals surface area (Å²) in [5, 5.41) is 12.6. The van der Waals surface area contributed by atoms with Crippen LogP contribution in [0.25, 0.3) is 0 Å². The van der Waals surface area contributed by atoms with E-state index in [0.717, 1.165) is 18.5 Å². The molecule has 1 aromatic rings. The molecule has 0 spiro atoms. The Morgan fingerprint density at radius 2 is 1.80 bits per heavy atom. The Labute approximate surface area is 122 Å². The molecule has 0 radical (unpaired) electrons. The predicted octanol–water partition coefficient (Wildman–Crippen LogP) is 4.16. The van der Waals surface area contributed by atoms with Gasteiger partial charge in [-0.1, -0.05) is 27.7 Å². The van der Waals surface area contributed by atoms with Crippen molar-refractivity contribution < 1.29 is 0 Å². The van der Waals surface area contributed by atoms with Gasteiger partial charge in [-0.05, 0) is 48.3 Å². The second-order valence-corrected chi connectivity index (χ2v) is 7.67. The fourth-order valence-electron chi connectivity index (χ4n) is 3.93. The van der Waals surface area contributed by atoms with Crippen molar-refractivity contribution in [3.63, 3.8) is 0 Å². The summed E-state index contributed by atoms with van der Waals surface area (Å²) in [6.07, 6.45) is 3.56. The monoisotopic (exact) mass is 271 g/mol. The number of nitrogen functional groups attached to an aromatic ring is 1. The number of nitrogens with zero attached hydrogens (tertiary/aromatic N) is 1. The van der Waals surface area contributed by atoms with Gasteiger partial charge in [-0.3, -0.25) is 0 Å². The van der Waals surface area contributed by atoms with Crippen LogP contribution in [0.1, 0.15) is 52.5 Å². The van der Waals surface area contributed by atoms with Crippen molar-refractivity contribution in [1.29, 1.82) is 5.26 Å². The quantitative estimate of drug-likeness (QED) is 0.794. The van der Waals surface area contributed by atoms with Gasteiger partial charge in [0.15, 0.2) is 0 Å². The molecule has 3 N–H and O–H groups in total. The average molecular weight is 271 g/mol. The second kappa shape index (κ2) is 5.01. The van der Waals surface area contributed by atoms with Crippen LogP contribution < -0.4 is 11.1 Å². The molecule has 1 aliphatic rings. The molecule has 108 valence electrons. The molecule has 3 heteroatoms. The van der Waals surface area contributed by atoms with Gasteiger partial charge in [-0.15, -0.1) is 0 Å². The molecular weight excluding hydrogens is 246 g/mol. The number of rotatable bonds is 2. The molecule has 0 saturated heterocycles. The third-order valence-corrected chi connectivity index (χ3v) is 4.10. The molecule has 1 aromatic carbocycles. The fraction of sp³-hybridized carbons (Fsp3) is 0.588. The standard InChI is InChI=1S/C17H25N3/c1-16(2)8-14(9-17(3,4)11-16)20-13-5-6-15(19)12(7-13)10-18/h5-7,14,20H,8-9,11,19H2,1-4H3. The van der Waals surface area contributed by atoms with E-state index in [1.807, 2.05) is 12.1 Å². The first kappa shape index (κ1) is 14.7. The van der Waals surface area contributed by atoms with Crippen molar-refractivity contribution >= 4 is 11.4 Å². The predicted molar refractivity (Wildman–Crippen MR) is 84.4 cm³/mol. The Bertz CT molecular complexity index is 522. The van der Waals surface area contributed by atoms with E-state index in [1.54, 1.807) is 6.07 Å². The van der Waals surface area contributed by atoms with Crippen molar-refractivity contribution in [1.82, 2.24) is 0 Å². The molecule has 2 rings (SSSR count). The van der Waals surface area contributed by atoms with Crippen molar-refractivity contribution in [3.05, 3.63) is 23.8 Å². The Balaban J connectivity index is 2.16. The number of anilines is 2. The van der Waals surface area contributed by atoms with Gasteiger partial charge >= 0.3 is 0 Å². The van der Waals surface area contributed by atoms with Crippen LogP contribution in [0.2, 0.25) is 0 Å². The van der Waals surface area contributed by atoms with Crippen LogP contribution in [0, 0.1) is 22.2 Å². The lowest BCUT2D eigenvalue weighted by Crippen LogP contribution is -2.40. The smallest absolute Gasteiger partial charge is 0.101 e. The van der Waals surface area contributed by atoms with Crippen molar-refractivity contribution in [2.45, 2.75) is 53.0 Å². The van der Waals surface area contributed by atoms with Crippen LogP contribution in [0.3, 0.4) is 0 Å². The Morgan fingerprint density at radius 1 is 1.20 bits per heavy atom. The van der Waals surface area contributed by atoms with E-state index < -0.39 is 0 Å². The number of benzene rings is 1. The molecular formula is C17H25N3. The lowest BCUT2D eigenvalue weighted by atomic mass is 9.63. The minimum Gasteiger partial charge on any atom is -0.398 e. The summed E-state index contributed by atoms with van der Waals surface area (Å²) in [6.45, 7) is 9.36. The van der Waals surface area contributed by atoms with E-state index in [2.05, 4.69) is 39.1 Å². The molecule has 1 fully saturated rings. The van der Waals surface area contributed by atoms with Crippen molar-refractivity contribution in [2.24, 2.45) is 10.8 Å². The number of nitrogens with one attached hydrogen (secondary N) is 1. The SMILES string of the molecule is CC1(C)CC(Nc2ccc(N)c(C#N)c2)CC(C)(C)C1. The maximum atomic E-state index is 9.06. The lowest BCUT2D eigenvalue weighted by Gasteiger charge is -2.45. The molecule has 0 aromatic heterocycles. The first-order chi connectivity index (χ1) is 9.21. The van der Waals surface area contributed by atoms with E-state index in [9.17, 15) is 0 Å². The second-order valence-electron chi connectivity index (χ2n) is 7.67. The highest BCUT2D eigenvalue weighted by Crippen LogP contribution is 2.46. The molecule has 0 amide bonds. The minimum atomic E-state index is 0.352. The third-order valence-electron chi connectivity index (χ3n) is 4.10. The topological polar surface area (TPSA) is 61.8 Å². The molecule has 0 bridgehead atoms. The minimum absolute atomic E-state index is 0.352. The van der Waals surface area contributed by atoms with Crippen LogP contribution in [0.15, 0.2) is 18.2 Å². The van der Waals surface area contributed by atoms with Gasteiger partial charge in [-0.25, -0.2) is 0 Å². The van der Waals surface area contributed by atoms with Gasteiger partial charge in [0.05, 0.1) is 5.56 Å². The van der Waals surface area contributed by atoms with Crippen LogP contribution >= 0.6 is 0 Å². The number of nitrogens with two attached hydrogens (primary N) is 1. The van der Waals surface area contributed by atoms with E-state index in [-0.39, 0.29) is 0 Å². The summed E-state index contributed by atoms with van der Waals surface area (Å²) in [7, 11) is 0. The van der Waals surface area contributed by atoms with Gasteiger partial charge in [0.25, 0.3) is 0 Å². The lowest BCUT2D eigenvalue weighted by molar-refractivity contribution is 0.105. The zero-order chi connectivity index (χ0) is 15.0. The Hall–Kier alpha value is -1.69.